The van der Waals surface area contributed by atoms with Crippen molar-refractivity contribution in [3.8, 4) is 0 Å². The zero-order valence-electron chi connectivity index (χ0n) is 6.77. The van der Waals surface area contributed by atoms with Gasteiger partial charge in [-0.05, 0) is 54.3 Å². The lowest BCUT2D eigenvalue weighted by Crippen LogP contribution is -1.91. The molecule has 60 valence electrons. The Kier molecular flexibility index (Phi) is 0.558. The molecular weight excluding hydrogens is 136 g/mol. The van der Waals surface area contributed by atoms with E-state index in [1.165, 1.54) is 32.1 Å². The van der Waals surface area contributed by atoms with Crippen LogP contribution in [0.15, 0.2) is 0 Å². The van der Waals surface area contributed by atoms with Gasteiger partial charge in [-0.1, -0.05) is 0 Å². The highest BCUT2D eigenvalue weighted by atomic mass is 16.3. The number of fused-ring (bicyclic) bond motifs is 3. The lowest BCUT2D eigenvalue weighted by atomic mass is 10.2. The van der Waals surface area contributed by atoms with Crippen LogP contribution < -0.4 is 0 Å². The SMILES string of the molecule is OCC1CC12C1(CC1)C21CC1. The summed E-state index contributed by atoms with van der Waals surface area (Å²) < 4.78 is 0. The average molecular weight is 150 g/mol. The maximum absolute atomic E-state index is 9.10. The van der Waals surface area contributed by atoms with Crippen LogP contribution in [-0.4, -0.2) is 11.7 Å². The van der Waals surface area contributed by atoms with Crippen LogP contribution in [-0.2, 0) is 0 Å². The molecule has 0 aliphatic heterocycles. The minimum atomic E-state index is 0.476. The molecule has 0 heterocycles. The first-order valence-corrected chi connectivity index (χ1v) is 4.94. The third kappa shape index (κ3) is 0.299. The highest BCUT2D eigenvalue weighted by Crippen LogP contribution is 3.07. The van der Waals surface area contributed by atoms with Gasteiger partial charge in [-0.25, -0.2) is 0 Å². The van der Waals surface area contributed by atoms with Crippen molar-refractivity contribution in [2.24, 2.45) is 22.2 Å². The first-order valence-electron chi connectivity index (χ1n) is 4.94. The molecule has 0 aromatic rings. The zero-order chi connectivity index (χ0) is 7.32. The second kappa shape index (κ2) is 1.10. The van der Waals surface area contributed by atoms with Gasteiger partial charge in [0, 0.05) is 6.61 Å². The van der Waals surface area contributed by atoms with Crippen molar-refractivity contribution in [3.63, 3.8) is 0 Å². The number of hydrogen-bond acceptors (Lipinski definition) is 1. The summed E-state index contributed by atoms with van der Waals surface area (Å²) in [5.74, 6) is 0.729. The molecule has 4 rings (SSSR count). The molecule has 3 spiro atoms. The molecule has 1 nitrogen and oxygen atoms in total. The summed E-state index contributed by atoms with van der Waals surface area (Å²) in [5, 5.41) is 9.10. The molecular formula is C10H14O. The van der Waals surface area contributed by atoms with Crippen molar-refractivity contribution in [2.75, 3.05) is 6.61 Å². The van der Waals surface area contributed by atoms with E-state index in [9.17, 15) is 0 Å². The van der Waals surface area contributed by atoms with E-state index in [1.807, 2.05) is 0 Å². The molecule has 4 fully saturated rings. The monoisotopic (exact) mass is 150 g/mol. The van der Waals surface area contributed by atoms with Gasteiger partial charge in [0.2, 0.25) is 0 Å². The Morgan fingerprint density at radius 3 is 1.91 bits per heavy atom. The summed E-state index contributed by atoms with van der Waals surface area (Å²) in [6.45, 7) is 0.476. The summed E-state index contributed by atoms with van der Waals surface area (Å²) in [4.78, 5) is 0. The van der Waals surface area contributed by atoms with Crippen LogP contribution in [0.1, 0.15) is 32.1 Å². The minimum Gasteiger partial charge on any atom is -0.396 e. The Morgan fingerprint density at radius 1 is 1.09 bits per heavy atom. The van der Waals surface area contributed by atoms with Gasteiger partial charge >= 0.3 is 0 Å². The molecule has 4 aliphatic rings. The molecule has 1 unspecified atom stereocenters. The van der Waals surface area contributed by atoms with Gasteiger partial charge in [0.05, 0.1) is 0 Å². The third-order valence-electron chi connectivity index (χ3n) is 5.39. The van der Waals surface area contributed by atoms with Gasteiger partial charge < -0.3 is 5.11 Å². The van der Waals surface area contributed by atoms with E-state index in [0.29, 0.717) is 6.61 Å². The molecule has 0 amide bonds. The minimum absolute atomic E-state index is 0.476. The van der Waals surface area contributed by atoms with Crippen molar-refractivity contribution in [1.29, 1.82) is 0 Å². The molecule has 0 radical (unpaired) electrons. The lowest BCUT2D eigenvalue weighted by Gasteiger charge is -1.88. The molecule has 0 aromatic heterocycles. The standard InChI is InChI=1S/C10H14O/c11-6-7-5-10(7)8(1-2-8)9(10)3-4-9/h7,11H,1-6H2. The van der Waals surface area contributed by atoms with Gasteiger partial charge in [0.25, 0.3) is 0 Å². The number of aliphatic hydroxyl groups is 1. The number of rotatable bonds is 1. The summed E-state index contributed by atoms with van der Waals surface area (Å²) in [7, 11) is 0. The number of hydrogen-bond donors (Lipinski definition) is 1. The van der Waals surface area contributed by atoms with E-state index >= 15 is 0 Å². The summed E-state index contributed by atoms with van der Waals surface area (Å²) in [6.07, 6.45) is 7.39. The fourth-order valence-corrected chi connectivity index (χ4v) is 4.78. The summed E-state index contributed by atoms with van der Waals surface area (Å²) in [6, 6.07) is 0. The van der Waals surface area contributed by atoms with Crippen molar-refractivity contribution in [3.05, 3.63) is 0 Å². The predicted octanol–water partition coefficient (Wildman–Crippen LogP) is 1.56. The van der Waals surface area contributed by atoms with Crippen molar-refractivity contribution >= 4 is 0 Å². The van der Waals surface area contributed by atoms with E-state index in [-0.39, 0.29) is 0 Å². The molecule has 1 atom stereocenters. The van der Waals surface area contributed by atoms with E-state index in [2.05, 4.69) is 0 Å². The Balaban J connectivity index is 1.78. The van der Waals surface area contributed by atoms with Crippen LogP contribution in [0.25, 0.3) is 0 Å². The first-order chi connectivity index (χ1) is 5.33. The molecule has 0 aromatic carbocycles. The maximum Gasteiger partial charge on any atom is 0.0465 e. The van der Waals surface area contributed by atoms with E-state index in [4.69, 9.17) is 5.11 Å². The Hall–Kier alpha value is -0.0400. The van der Waals surface area contributed by atoms with Crippen LogP contribution >= 0.6 is 0 Å². The van der Waals surface area contributed by atoms with Gasteiger partial charge in [-0.15, -0.1) is 0 Å². The maximum atomic E-state index is 9.10. The van der Waals surface area contributed by atoms with E-state index in [0.717, 1.165) is 22.2 Å². The van der Waals surface area contributed by atoms with Crippen molar-refractivity contribution in [1.82, 2.24) is 0 Å². The Labute approximate surface area is 66.8 Å². The van der Waals surface area contributed by atoms with Crippen LogP contribution in [0.2, 0.25) is 0 Å². The normalized spacial score (nSPS) is 48.3. The van der Waals surface area contributed by atoms with Gasteiger partial charge in [-0.2, -0.15) is 0 Å². The number of aliphatic hydroxyl groups excluding tert-OH is 1. The average Bonchev–Trinajstić information content (AvgIpc) is 2.79. The molecule has 11 heavy (non-hydrogen) atoms. The Bertz CT molecular complexity index is 230. The van der Waals surface area contributed by atoms with E-state index in [1.54, 1.807) is 0 Å². The first kappa shape index (κ1) is 5.58. The molecule has 0 saturated heterocycles. The fourth-order valence-electron chi connectivity index (χ4n) is 4.78. The third-order valence-corrected chi connectivity index (χ3v) is 5.39. The van der Waals surface area contributed by atoms with Crippen LogP contribution in [0.4, 0.5) is 0 Å². The second-order valence-electron chi connectivity index (χ2n) is 5.22. The highest BCUT2D eigenvalue weighted by Gasteiger charge is 3.01. The molecule has 4 aliphatic carbocycles. The van der Waals surface area contributed by atoms with Gasteiger partial charge in [0.1, 0.15) is 0 Å². The molecule has 1 heteroatoms. The quantitative estimate of drug-likeness (QED) is 0.601. The van der Waals surface area contributed by atoms with Crippen molar-refractivity contribution in [2.45, 2.75) is 32.1 Å². The van der Waals surface area contributed by atoms with Crippen molar-refractivity contribution < 1.29 is 5.11 Å². The molecule has 1 N–H and O–H groups in total. The summed E-state index contributed by atoms with van der Waals surface area (Å²) in [5.41, 5.74) is 2.38. The largest absolute Gasteiger partial charge is 0.396 e. The van der Waals surface area contributed by atoms with Crippen LogP contribution in [0.3, 0.4) is 0 Å². The molecule has 0 bridgehead atoms. The predicted molar refractivity (Wildman–Crippen MR) is 41.0 cm³/mol. The van der Waals surface area contributed by atoms with E-state index < -0.39 is 0 Å². The topological polar surface area (TPSA) is 20.2 Å². The van der Waals surface area contributed by atoms with Gasteiger partial charge in [0.15, 0.2) is 0 Å². The highest BCUT2D eigenvalue weighted by molar-refractivity contribution is 5.48. The Morgan fingerprint density at radius 2 is 1.64 bits per heavy atom. The van der Waals surface area contributed by atoms with Crippen LogP contribution in [0, 0.1) is 22.2 Å². The summed E-state index contributed by atoms with van der Waals surface area (Å²) >= 11 is 0. The second-order valence-corrected chi connectivity index (χ2v) is 5.22. The zero-order valence-corrected chi connectivity index (χ0v) is 6.77. The van der Waals surface area contributed by atoms with Gasteiger partial charge in [-0.3, -0.25) is 0 Å². The fraction of sp³-hybridized carbons (Fsp3) is 1.00. The molecule has 4 saturated carbocycles. The smallest absolute Gasteiger partial charge is 0.0465 e. The van der Waals surface area contributed by atoms with Crippen LogP contribution in [0.5, 0.6) is 0 Å². The lowest BCUT2D eigenvalue weighted by molar-refractivity contribution is 0.262.